The summed E-state index contributed by atoms with van der Waals surface area (Å²) in [6, 6.07) is 13.9. The fourth-order valence-corrected chi connectivity index (χ4v) is 3.20. The number of nitrogens with one attached hydrogen (secondary N) is 2. The summed E-state index contributed by atoms with van der Waals surface area (Å²) >= 11 is 6.36. The Hall–Kier alpha value is -1.59. The molecule has 2 aliphatic heterocycles. The van der Waals surface area contributed by atoms with Crippen LogP contribution >= 0.6 is 11.6 Å². The van der Waals surface area contributed by atoms with E-state index in [1.54, 1.807) is 0 Å². The van der Waals surface area contributed by atoms with Gasteiger partial charge in [-0.05, 0) is 66.8 Å². The second kappa shape index (κ2) is 8.19. The molecule has 2 aliphatic rings. The molecule has 4 nitrogen and oxygen atoms in total. The van der Waals surface area contributed by atoms with Gasteiger partial charge in [0.2, 0.25) is 0 Å². The van der Waals surface area contributed by atoms with Gasteiger partial charge in [-0.2, -0.15) is 0 Å². The number of hydrogen-bond donors (Lipinski definition) is 2. The van der Waals surface area contributed by atoms with E-state index in [2.05, 4.69) is 19.9 Å². The fraction of sp³-hybridized carbons (Fsp3) is 0. The molecule has 0 fully saturated rings. The molecule has 0 spiro atoms. The van der Waals surface area contributed by atoms with Gasteiger partial charge in [0.15, 0.2) is 0 Å². The van der Waals surface area contributed by atoms with E-state index in [1.165, 1.54) is 0 Å². The van der Waals surface area contributed by atoms with Gasteiger partial charge in [-0.15, -0.1) is 0 Å². The molecule has 3 aromatic rings. The van der Waals surface area contributed by atoms with Crippen LogP contribution in [0.25, 0.3) is 46.4 Å². The molecule has 0 aromatic carbocycles. The van der Waals surface area contributed by atoms with Crippen LogP contribution in [0, 0.1) is 0 Å². The van der Waals surface area contributed by atoms with Crippen LogP contribution in [0.5, 0.6) is 0 Å². The van der Waals surface area contributed by atoms with E-state index in [0.29, 0.717) is 5.02 Å². The van der Waals surface area contributed by atoms with Crippen molar-refractivity contribution in [3.63, 3.8) is 0 Å². The van der Waals surface area contributed by atoms with Crippen LogP contribution in [-0.4, -0.2) is 49.5 Å². The van der Waals surface area contributed by atoms with E-state index in [4.69, 9.17) is 11.6 Å². The first-order valence-electron chi connectivity index (χ1n) is 7.95. The summed E-state index contributed by atoms with van der Waals surface area (Å²) in [5, 5.41) is 0.671. The molecule has 0 saturated heterocycles. The molecule has 0 atom stereocenters. The van der Waals surface area contributed by atoms with Crippen molar-refractivity contribution in [3.8, 4) is 0 Å². The fourth-order valence-electron chi connectivity index (χ4n) is 2.98. The molecule has 0 amide bonds. The Kier molecular flexibility index (Phi) is 6.11. The van der Waals surface area contributed by atoms with Crippen LogP contribution in [0.4, 0.5) is 0 Å². The van der Waals surface area contributed by atoms with Crippen LogP contribution in [0.2, 0.25) is 5.02 Å². The van der Waals surface area contributed by atoms with Gasteiger partial charge < -0.3 is 9.97 Å². The summed E-state index contributed by atoms with van der Waals surface area (Å²) in [7, 11) is 0. The van der Waals surface area contributed by atoms with Gasteiger partial charge in [-0.3, -0.25) is 0 Å². The van der Waals surface area contributed by atoms with E-state index in [1.807, 2.05) is 66.8 Å². The Morgan fingerprint density at radius 2 is 1.19 bits per heavy atom. The molecule has 132 valence electrons. The number of nitrogens with zero attached hydrogens (tertiary/aromatic N) is 2. The zero-order valence-corrected chi connectivity index (χ0v) is 18.1. The Bertz CT molecular complexity index is 1220. The first-order chi connectivity index (χ1) is 12.2. The molecule has 0 saturated carbocycles. The summed E-state index contributed by atoms with van der Waals surface area (Å²) in [5.41, 5.74) is 7.31. The average molecular weight is 431 g/mol. The van der Waals surface area contributed by atoms with Crippen LogP contribution in [0.1, 0.15) is 22.8 Å². The summed E-state index contributed by atoms with van der Waals surface area (Å²) in [4.78, 5) is 15.9. The normalized spacial score (nSPS) is 11.7. The maximum atomic E-state index is 6.36. The van der Waals surface area contributed by atoms with Crippen LogP contribution in [0.15, 0.2) is 42.5 Å². The Balaban J connectivity index is 0.00000105. The number of rotatable bonds is 0. The third kappa shape index (κ3) is 4.30. The Morgan fingerprint density at radius 1 is 0.630 bits per heavy atom. The molecule has 5 heterocycles. The van der Waals surface area contributed by atoms with E-state index < -0.39 is 0 Å². The molecule has 8 bridgehead atoms. The third-order valence-corrected chi connectivity index (χ3v) is 4.43. The van der Waals surface area contributed by atoms with E-state index in [-0.39, 0.29) is 46.6 Å². The maximum Gasteiger partial charge on any atom is 0.0662 e. The van der Waals surface area contributed by atoms with Gasteiger partial charge >= 0.3 is 0 Å². The van der Waals surface area contributed by atoms with Gasteiger partial charge in [0.25, 0.3) is 0 Å². The van der Waals surface area contributed by atoms with Gasteiger partial charge in [-0.25, -0.2) is 9.97 Å². The summed E-state index contributed by atoms with van der Waals surface area (Å²) < 4.78 is 0. The van der Waals surface area contributed by atoms with Gasteiger partial charge in [0.1, 0.15) is 0 Å². The van der Waals surface area contributed by atoms with Crippen molar-refractivity contribution in [3.05, 3.63) is 70.3 Å². The van der Waals surface area contributed by atoms with Crippen molar-refractivity contribution in [2.75, 3.05) is 0 Å². The molecule has 2 N–H and O–H groups in total. The number of hydrogen-bond acceptors (Lipinski definition) is 2. The molecule has 5 rings (SSSR count). The molecule has 7 heteroatoms. The van der Waals surface area contributed by atoms with Crippen LogP contribution in [0.3, 0.4) is 0 Å². The van der Waals surface area contributed by atoms with E-state index >= 15 is 0 Å². The number of aromatic nitrogens is 4. The number of H-pyrrole nitrogens is 2. The van der Waals surface area contributed by atoms with E-state index in [9.17, 15) is 0 Å². The Labute approximate surface area is 193 Å². The van der Waals surface area contributed by atoms with Crippen molar-refractivity contribution in [2.45, 2.75) is 0 Å². The van der Waals surface area contributed by atoms with Gasteiger partial charge in [0, 0.05) is 63.2 Å². The van der Waals surface area contributed by atoms with Crippen LogP contribution < -0.4 is 0 Å². The predicted octanol–water partition coefficient (Wildman–Crippen LogP) is 4.93. The quantitative estimate of drug-likeness (QED) is 0.342. The maximum absolute atomic E-state index is 6.36. The predicted molar refractivity (Wildman–Crippen MR) is 110 cm³/mol. The minimum atomic E-state index is 0. The molecule has 2 radical (unpaired) electrons. The molecule has 0 unspecified atom stereocenters. The SMILES string of the molecule is Clc1cc2cc3ccc(cc4nc(cc5nc(cc1[nH]2)C=C5)C=C4)[nH]3.[Cu].[Na]. The molecule has 3 aromatic heterocycles. The van der Waals surface area contributed by atoms with Gasteiger partial charge in [-0.1, -0.05) is 11.6 Å². The second-order valence-electron chi connectivity index (χ2n) is 6.02. The van der Waals surface area contributed by atoms with Crippen molar-refractivity contribution in [1.29, 1.82) is 0 Å². The minimum Gasteiger partial charge on any atom is -0.355 e. The van der Waals surface area contributed by atoms with Crippen molar-refractivity contribution in [2.24, 2.45) is 0 Å². The first-order valence-corrected chi connectivity index (χ1v) is 8.33. The third-order valence-electron chi connectivity index (χ3n) is 4.12. The minimum absolute atomic E-state index is 0. The van der Waals surface area contributed by atoms with Crippen LogP contribution in [-0.2, 0) is 17.1 Å². The largest absolute Gasteiger partial charge is 0.355 e. The Morgan fingerprint density at radius 3 is 1.85 bits per heavy atom. The molecule has 0 aliphatic carbocycles. The standard InChI is InChI=1S/C20H13ClN4.Cu.Na/c21-19-10-18-9-16-4-3-14(23-16)7-12-1-2-13(22-12)8-15-5-6-17(24-15)11-20(19)25-18;;/h1-11,23,25H;;. The topological polar surface area (TPSA) is 57.4 Å². The summed E-state index contributed by atoms with van der Waals surface area (Å²) in [6.07, 6.45) is 7.94. The number of aromatic amines is 2. The number of halogens is 1. The summed E-state index contributed by atoms with van der Waals surface area (Å²) in [5.74, 6) is 0. The number of fused-ring (bicyclic) bond motifs is 8. The zero-order valence-electron chi connectivity index (χ0n) is 14.4. The molecule has 27 heavy (non-hydrogen) atoms. The first kappa shape index (κ1) is 20.2. The average Bonchev–Trinajstić information content (AvgIpc) is 3.33. The summed E-state index contributed by atoms with van der Waals surface area (Å²) in [6.45, 7) is 0. The van der Waals surface area contributed by atoms with Crippen molar-refractivity contribution in [1.82, 2.24) is 19.9 Å². The van der Waals surface area contributed by atoms with Crippen molar-refractivity contribution < 1.29 is 17.1 Å². The van der Waals surface area contributed by atoms with Crippen molar-refractivity contribution >= 4 is 87.5 Å². The molecular weight excluding hydrogens is 418 g/mol. The second-order valence-corrected chi connectivity index (χ2v) is 6.43. The zero-order chi connectivity index (χ0) is 16.8. The monoisotopic (exact) mass is 430 g/mol. The van der Waals surface area contributed by atoms with Gasteiger partial charge in [0.05, 0.1) is 33.3 Å². The molecular formula is C20H13ClCuN4Na. The van der Waals surface area contributed by atoms with E-state index in [0.717, 1.165) is 44.8 Å². The smallest absolute Gasteiger partial charge is 0.0662 e.